The van der Waals surface area contributed by atoms with E-state index in [0.717, 1.165) is 31.9 Å². The smallest absolute Gasteiger partial charge is 0.107 e. The number of aryl methyl sites for hydroxylation is 1. The Morgan fingerprint density at radius 2 is 2.50 bits per heavy atom. The van der Waals surface area contributed by atoms with E-state index in [1.165, 1.54) is 24.4 Å². The van der Waals surface area contributed by atoms with Crippen molar-refractivity contribution in [3.63, 3.8) is 0 Å². The van der Waals surface area contributed by atoms with Gasteiger partial charge in [0.2, 0.25) is 0 Å². The molecule has 4 nitrogen and oxygen atoms in total. The monoisotopic (exact) mass is 269 g/mol. The molecule has 1 fully saturated rings. The van der Waals surface area contributed by atoms with E-state index in [2.05, 4.69) is 27.5 Å². The van der Waals surface area contributed by atoms with Gasteiger partial charge in [0.05, 0.1) is 13.2 Å². The van der Waals surface area contributed by atoms with Crippen molar-refractivity contribution in [3.05, 3.63) is 16.1 Å². The summed E-state index contributed by atoms with van der Waals surface area (Å²) in [4.78, 5) is 7.00. The molecule has 18 heavy (non-hydrogen) atoms. The second kappa shape index (κ2) is 7.19. The van der Waals surface area contributed by atoms with Gasteiger partial charge in [0.15, 0.2) is 0 Å². The average molecular weight is 269 g/mol. The van der Waals surface area contributed by atoms with Crippen LogP contribution in [0.2, 0.25) is 0 Å². The van der Waals surface area contributed by atoms with Crippen LogP contribution in [0.3, 0.4) is 0 Å². The molecule has 102 valence electrons. The van der Waals surface area contributed by atoms with E-state index in [-0.39, 0.29) is 0 Å². The topological polar surface area (TPSA) is 37.4 Å². The molecule has 1 aromatic rings. The van der Waals surface area contributed by atoms with Gasteiger partial charge in [-0.3, -0.25) is 4.90 Å². The molecule has 0 saturated carbocycles. The van der Waals surface area contributed by atoms with Gasteiger partial charge in [-0.2, -0.15) is 0 Å². The molecule has 0 spiro atoms. The maximum absolute atomic E-state index is 5.20. The number of hydrogen-bond donors (Lipinski definition) is 1. The van der Waals surface area contributed by atoms with Gasteiger partial charge >= 0.3 is 0 Å². The second-order valence-corrected chi connectivity index (χ2v) is 5.85. The number of nitrogens with one attached hydrogen (secondary N) is 1. The Morgan fingerprint density at radius 1 is 1.61 bits per heavy atom. The summed E-state index contributed by atoms with van der Waals surface area (Å²) >= 11 is 1.76. The summed E-state index contributed by atoms with van der Waals surface area (Å²) in [5.74, 6) is 0. The Labute approximate surface area is 113 Å². The van der Waals surface area contributed by atoms with Crippen molar-refractivity contribution in [1.29, 1.82) is 0 Å². The average Bonchev–Trinajstić information content (AvgIpc) is 2.98. The Kier molecular flexibility index (Phi) is 5.56. The first-order valence-corrected chi connectivity index (χ1v) is 7.51. The summed E-state index contributed by atoms with van der Waals surface area (Å²) < 4.78 is 5.20. The second-order valence-electron chi connectivity index (χ2n) is 4.90. The minimum Gasteiger partial charge on any atom is -0.383 e. The van der Waals surface area contributed by atoms with E-state index in [0.29, 0.717) is 6.04 Å². The summed E-state index contributed by atoms with van der Waals surface area (Å²) in [7, 11) is 1.76. The van der Waals surface area contributed by atoms with Gasteiger partial charge in [-0.1, -0.05) is 0 Å². The van der Waals surface area contributed by atoms with E-state index in [1.54, 1.807) is 18.4 Å². The summed E-state index contributed by atoms with van der Waals surface area (Å²) in [6, 6.07) is 0.642. The molecule has 1 saturated heterocycles. The molecule has 1 aromatic heterocycles. The van der Waals surface area contributed by atoms with Gasteiger partial charge in [-0.15, -0.1) is 11.3 Å². The molecule has 1 N–H and O–H groups in total. The third-order valence-corrected chi connectivity index (χ3v) is 4.23. The highest BCUT2D eigenvalue weighted by molar-refractivity contribution is 7.09. The SMILES string of the molecule is COCCN(Cc1nc(C)cs1)CC1CCCN1. The lowest BCUT2D eigenvalue weighted by atomic mass is 10.2. The van der Waals surface area contributed by atoms with Crippen molar-refractivity contribution in [2.75, 3.05) is 33.4 Å². The van der Waals surface area contributed by atoms with Crippen LogP contribution < -0.4 is 5.32 Å². The highest BCUT2D eigenvalue weighted by atomic mass is 32.1. The van der Waals surface area contributed by atoms with Crippen LogP contribution in [0.4, 0.5) is 0 Å². The fourth-order valence-corrected chi connectivity index (χ4v) is 3.16. The maximum Gasteiger partial charge on any atom is 0.107 e. The Morgan fingerprint density at radius 3 is 3.11 bits per heavy atom. The molecule has 0 aromatic carbocycles. The van der Waals surface area contributed by atoms with Crippen LogP contribution in [0.15, 0.2) is 5.38 Å². The number of methoxy groups -OCH3 is 1. The quantitative estimate of drug-likeness (QED) is 0.817. The molecule has 1 atom stereocenters. The van der Waals surface area contributed by atoms with Gasteiger partial charge in [-0.05, 0) is 26.3 Å². The van der Waals surface area contributed by atoms with Gasteiger partial charge in [0.25, 0.3) is 0 Å². The van der Waals surface area contributed by atoms with Crippen LogP contribution in [-0.4, -0.2) is 49.3 Å². The number of ether oxygens (including phenoxy) is 1. The van der Waals surface area contributed by atoms with Crippen LogP contribution >= 0.6 is 11.3 Å². The van der Waals surface area contributed by atoms with Crippen LogP contribution in [0.5, 0.6) is 0 Å². The van der Waals surface area contributed by atoms with Crippen molar-refractivity contribution in [2.45, 2.75) is 32.4 Å². The lowest BCUT2D eigenvalue weighted by Gasteiger charge is -2.24. The summed E-state index contributed by atoms with van der Waals surface area (Å²) in [5, 5.41) is 6.89. The molecule has 2 heterocycles. The molecule has 1 unspecified atom stereocenters. The van der Waals surface area contributed by atoms with Gasteiger partial charge in [0, 0.05) is 37.3 Å². The standard InChI is InChI=1S/C13H23N3OS/c1-11-10-18-13(15-11)9-16(6-7-17-2)8-12-4-3-5-14-12/h10,12,14H,3-9H2,1-2H3. The number of thiazole rings is 1. The van der Waals surface area contributed by atoms with Crippen molar-refractivity contribution < 1.29 is 4.74 Å². The third kappa shape index (κ3) is 4.31. The number of rotatable bonds is 7. The number of aromatic nitrogens is 1. The fraction of sp³-hybridized carbons (Fsp3) is 0.769. The maximum atomic E-state index is 5.20. The van der Waals surface area contributed by atoms with E-state index < -0.39 is 0 Å². The largest absolute Gasteiger partial charge is 0.383 e. The van der Waals surface area contributed by atoms with Gasteiger partial charge < -0.3 is 10.1 Å². The molecular formula is C13H23N3OS. The molecule has 1 aliphatic rings. The summed E-state index contributed by atoms with van der Waals surface area (Å²) in [5.41, 5.74) is 1.13. The molecule has 2 rings (SSSR count). The predicted octanol–water partition coefficient (Wildman–Crippen LogP) is 1.65. The first kappa shape index (κ1) is 13.9. The zero-order valence-corrected chi connectivity index (χ0v) is 12.1. The number of hydrogen-bond acceptors (Lipinski definition) is 5. The molecule has 1 aliphatic heterocycles. The normalized spacial score (nSPS) is 19.8. The van der Waals surface area contributed by atoms with Crippen LogP contribution in [0.1, 0.15) is 23.5 Å². The first-order chi connectivity index (χ1) is 8.78. The number of nitrogens with zero attached hydrogens (tertiary/aromatic N) is 2. The highest BCUT2D eigenvalue weighted by Gasteiger charge is 2.18. The van der Waals surface area contributed by atoms with Crippen LogP contribution in [-0.2, 0) is 11.3 Å². The Hall–Kier alpha value is -0.490. The van der Waals surface area contributed by atoms with E-state index in [4.69, 9.17) is 4.74 Å². The molecular weight excluding hydrogens is 246 g/mol. The minimum atomic E-state index is 0.642. The Bertz CT molecular complexity index is 350. The molecule has 0 bridgehead atoms. The molecule has 0 amide bonds. The van der Waals surface area contributed by atoms with Crippen molar-refractivity contribution in [2.24, 2.45) is 0 Å². The van der Waals surface area contributed by atoms with Crippen molar-refractivity contribution in [1.82, 2.24) is 15.2 Å². The minimum absolute atomic E-state index is 0.642. The predicted molar refractivity (Wildman–Crippen MR) is 75.0 cm³/mol. The lowest BCUT2D eigenvalue weighted by molar-refractivity contribution is 0.138. The molecule has 0 radical (unpaired) electrons. The molecule has 5 heteroatoms. The Balaban J connectivity index is 1.86. The van der Waals surface area contributed by atoms with E-state index in [9.17, 15) is 0 Å². The first-order valence-electron chi connectivity index (χ1n) is 6.63. The van der Waals surface area contributed by atoms with Gasteiger partial charge in [0.1, 0.15) is 5.01 Å². The van der Waals surface area contributed by atoms with E-state index in [1.807, 2.05) is 0 Å². The van der Waals surface area contributed by atoms with Crippen LogP contribution in [0, 0.1) is 6.92 Å². The third-order valence-electron chi connectivity index (χ3n) is 3.28. The highest BCUT2D eigenvalue weighted by Crippen LogP contribution is 2.13. The fourth-order valence-electron chi connectivity index (χ4n) is 2.35. The van der Waals surface area contributed by atoms with Crippen molar-refractivity contribution in [3.8, 4) is 0 Å². The zero-order chi connectivity index (χ0) is 12.8. The lowest BCUT2D eigenvalue weighted by Crippen LogP contribution is -2.38. The van der Waals surface area contributed by atoms with Crippen LogP contribution in [0.25, 0.3) is 0 Å². The zero-order valence-electron chi connectivity index (χ0n) is 11.3. The van der Waals surface area contributed by atoms with E-state index >= 15 is 0 Å². The van der Waals surface area contributed by atoms with Crippen molar-refractivity contribution >= 4 is 11.3 Å². The van der Waals surface area contributed by atoms with Gasteiger partial charge in [-0.25, -0.2) is 4.98 Å². The summed E-state index contributed by atoms with van der Waals surface area (Å²) in [6.07, 6.45) is 2.60. The summed E-state index contributed by atoms with van der Waals surface area (Å²) in [6.45, 7) is 7.03. The molecule has 0 aliphatic carbocycles.